The van der Waals surface area contributed by atoms with Crippen LogP contribution in [0.4, 0.5) is 8.78 Å². The third kappa shape index (κ3) is 2.33. The summed E-state index contributed by atoms with van der Waals surface area (Å²) in [6, 6.07) is 25.4. The fraction of sp³-hybridized carbons (Fsp3) is 0.0833. The highest BCUT2D eigenvalue weighted by Crippen LogP contribution is 2.58. The van der Waals surface area contributed by atoms with E-state index >= 15 is 0 Å². The van der Waals surface area contributed by atoms with Gasteiger partial charge in [-0.1, -0.05) is 72.8 Å². The molecule has 1 nitrogen and oxygen atoms in total. The van der Waals surface area contributed by atoms with Gasteiger partial charge in [0, 0.05) is 17.5 Å². The van der Waals surface area contributed by atoms with Gasteiger partial charge in [0.2, 0.25) is 7.14 Å². The maximum atomic E-state index is 14.8. The highest BCUT2D eigenvalue weighted by Gasteiger charge is 2.48. The number of halogens is 2. The summed E-state index contributed by atoms with van der Waals surface area (Å²) in [5.41, 5.74) is -3.37. The first-order valence-corrected chi connectivity index (χ1v) is 10.8. The van der Waals surface area contributed by atoms with Crippen LogP contribution in [0.1, 0.15) is 6.92 Å². The van der Waals surface area contributed by atoms with Crippen LogP contribution in [0.5, 0.6) is 0 Å². The summed E-state index contributed by atoms with van der Waals surface area (Å²) in [5.74, 6) is 0. The molecule has 5 aromatic carbocycles. The molecule has 0 fully saturated rings. The molecule has 4 heteroatoms. The Bertz CT molecular complexity index is 1310. The lowest BCUT2D eigenvalue weighted by Crippen LogP contribution is -2.28. The second-order valence-electron chi connectivity index (χ2n) is 7.26. The van der Waals surface area contributed by atoms with Crippen LogP contribution < -0.4 is 10.6 Å². The van der Waals surface area contributed by atoms with Gasteiger partial charge in [-0.2, -0.15) is 8.78 Å². The molecule has 0 radical (unpaired) electrons. The molecule has 0 heterocycles. The number of rotatable bonds is 3. The fourth-order valence-corrected chi connectivity index (χ4v) is 6.60. The number of hydrogen-bond donors (Lipinski definition) is 0. The molecule has 0 bridgehead atoms. The van der Waals surface area contributed by atoms with Crippen molar-refractivity contribution in [1.29, 1.82) is 0 Å². The molecule has 0 saturated carbocycles. The molecule has 0 saturated heterocycles. The average molecular weight is 390 g/mol. The van der Waals surface area contributed by atoms with E-state index in [4.69, 9.17) is 0 Å². The van der Waals surface area contributed by atoms with E-state index in [1.807, 2.05) is 42.5 Å². The maximum Gasteiger partial charge on any atom is 0.303 e. The monoisotopic (exact) mass is 390 g/mol. The molecule has 1 unspecified atom stereocenters. The van der Waals surface area contributed by atoms with Crippen molar-refractivity contribution in [2.45, 2.75) is 12.6 Å². The normalized spacial score (nSPS) is 14.7. The van der Waals surface area contributed by atoms with Crippen LogP contribution in [0.2, 0.25) is 0 Å². The summed E-state index contributed by atoms with van der Waals surface area (Å²) in [6.45, 7) is 0.755. The molecule has 5 rings (SSSR count). The second-order valence-corrected chi connectivity index (χ2v) is 10.3. The topological polar surface area (TPSA) is 17.1 Å². The first kappa shape index (κ1) is 17.3. The number of benzene rings is 5. The third-order valence-electron chi connectivity index (χ3n) is 5.48. The summed E-state index contributed by atoms with van der Waals surface area (Å²) in [4.78, 5) is 0. The van der Waals surface area contributed by atoms with E-state index in [0.29, 0.717) is 0 Å². The zero-order valence-corrected chi connectivity index (χ0v) is 16.1. The van der Waals surface area contributed by atoms with E-state index in [1.165, 1.54) is 12.1 Å². The summed E-state index contributed by atoms with van der Waals surface area (Å²) in [5, 5.41) is 6.38. The summed E-state index contributed by atoms with van der Waals surface area (Å²) in [6.07, 6.45) is 0. The van der Waals surface area contributed by atoms with Crippen molar-refractivity contribution in [3.05, 3.63) is 84.9 Å². The molecule has 1 atom stereocenters. The number of hydrogen-bond acceptors (Lipinski definition) is 1. The van der Waals surface area contributed by atoms with Crippen LogP contribution >= 0.6 is 7.14 Å². The maximum absolute atomic E-state index is 14.8. The predicted octanol–water partition coefficient (Wildman–Crippen LogP) is 6.51. The van der Waals surface area contributed by atoms with Gasteiger partial charge in [0.1, 0.15) is 0 Å². The lowest BCUT2D eigenvalue weighted by atomic mass is 9.94. The van der Waals surface area contributed by atoms with Crippen molar-refractivity contribution in [3.8, 4) is 0 Å². The standard InChI is InChI=1S/C24H17F2OP/c1-24(25,26)28(27,20-8-3-2-4-9-20)21-14-18-12-10-16-6-5-7-17-11-13-19(15-21)23(18)22(16)17/h2-15H,1H3. The van der Waals surface area contributed by atoms with Crippen molar-refractivity contribution >= 4 is 50.1 Å². The third-order valence-corrected chi connectivity index (χ3v) is 8.60. The Hall–Kier alpha value is -2.77. The van der Waals surface area contributed by atoms with Gasteiger partial charge in [0.15, 0.2) is 0 Å². The molecule has 28 heavy (non-hydrogen) atoms. The minimum atomic E-state index is -4.16. The van der Waals surface area contributed by atoms with E-state index in [0.717, 1.165) is 39.2 Å². The highest BCUT2D eigenvalue weighted by molar-refractivity contribution is 7.79. The Balaban J connectivity index is 1.89. The van der Waals surface area contributed by atoms with E-state index < -0.39 is 12.8 Å². The summed E-state index contributed by atoms with van der Waals surface area (Å²) in [7, 11) is -4.16. The van der Waals surface area contributed by atoms with Crippen LogP contribution in [0.25, 0.3) is 32.3 Å². The van der Waals surface area contributed by atoms with Crippen molar-refractivity contribution in [3.63, 3.8) is 0 Å². The van der Waals surface area contributed by atoms with E-state index in [1.54, 1.807) is 30.3 Å². The molecule has 0 aromatic heterocycles. The van der Waals surface area contributed by atoms with Crippen molar-refractivity contribution in [1.82, 2.24) is 0 Å². The molecule has 0 amide bonds. The average Bonchev–Trinajstić information content (AvgIpc) is 2.71. The van der Waals surface area contributed by atoms with Crippen molar-refractivity contribution in [2.24, 2.45) is 0 Å². The van der Waals surface area contributed by atoms with Crippen molar-refractivity contribution < 1.29 is 13.3 Å². The van der Waals surface area contributed by atoms with Gasteiger partial charge < -0.3 is 4.57 Å². The molecular weight excluding hydrogens is 373 g/mol. The quantitative estimate of drug-likeness (QED) is 0.253. The van der Waals surface area contributed by atoms with E-state index in [9.17, 15) is 13.3 Å². The first-order valence-electron chi connectivity index (χ1n) is 9.11. The lowest BCUT2D eigenvalue weighted by Gasteiger charge is -2.26. The second kappa shape index (κ2) is 5.86. The molecule has 0 aliphatic heterocycles. The van der Waals surface area contributed by atoms with Gasteiger partial charge in [-0.25, -0.2) is 0 Å². The van der Waals surface area contributed by atoms with Crippen LogP contribution in [0.15, 0.2) is 84.9 Å². The smallest absolute Gasteiger partial charge is 0.303 e. The molecular formula is C24H17F2OP. The summed E-state index contributed by atoms with van der Waals surface area (Å²) < 4.78 is 43.4. The van der Waals surface area contributed by atoms with Crippen LogP contribution in [0, 0.1) is 0 Å². The van der Waals surface area contributed by atoms with Crippen LogP contribution in [0.3, 0.4) is 0 Å². The SMILES string of the molecule is CC(F)(F)P(=O)(c1ccccc1)c1cc2ccc3cccc4ccc(c1)c2c34. The van der Waals surface area contributed by atoms with Gasteiger partial charge in [-0.05, 0) is 44.5 Å². The zero-order chi connectivity index (χ0) is 19.5. The minimum Gasteiger partial charge on any atom is -0.307 e. The molecule has 0 aliphatic rings. The molecule has 0 aliphatic carbocycles. The largest absolute Gasteiger partial charge is 0.307 e. The molecule has 5 aromatic rings. The molecule has 0 N–H and O–H groups in total. The first-order chi connectivity index (χ1) is 13.4. The Kier molecular flexibility index (Phi) is 3.63. The Morgan fingerprint density at radius 1 is 0.643 bits per heavy atom. The lowest BCUT2D eigenvalue weighted by molar-refractivity contribution is 0.115. The Morgan fingerprint density at radius 3 is 1.68 bits per heavy atom. The summed E-state index contributed by atoms with van der Waals surface area (Å²) >= 11 is 0. The van der Waals surface area contributed by atoms with Gasteiger partial charge in [-0.15, -0.1) is 0 Å². The molecule has 138 valence electrons. The van der Waals surface area contributed by atoms with Gasteiger partial charge >= 0.3 is 5.66 Å². The van der Waals surface area contributed by atoms with E-state index in [-0.39, 0.29) is 10.6 Å². The van der Waals surface area contributed by atoms with Crippen LogP contribution in [-0.2, 0) is 4.57 Å². The highest BCUT2D eigenvalue weighted by atomic mass is 31.2. The van der Waals surface area contributed by atoms with Gasteiger partial charge in [-0.3, -0.25) is 0 Å². The Labute approximate surface area is 161 Å². The van der Waals surface area contributed by atoms with Gasteiger partial charge in [0.25, 0.3) is 0 Å². The Morgan fingerprint density at radius 2 is 1.14 bits per heavy atom. The van der Waals surface area contributed by atoms with Crippen molar-refractivity contribution in [2.75, 3.05) is 0 Å². The predicted molar refractivity (Wildman–Crippen MR) is 114 cm³/mol. The van der Waals surface area contributed by atoms with Gasteiger partial charge in [0.05, 0.1) is 0 Å². The zero-order valence-electron chi connectivity index (χ0n) is 15.2. The molecule has 0 spiro atoms. The van der Waals surface area contributed by atoms with E-state index in [2.05, 4.69) is 0 Å². The fourth-order valence-electron chi connectivity index (χ4n) is 4.16. The minimum absolute atomic E-state index is 0.176. The number of alkyl halides is 2. The van der Waals surface area contributed by atoms with Crippen LogP contribution in [-0.4, -0.2) is 5.66 Å².